The van der Waals surface area contributed by atoms with Gasteiger partial charge < -0.3 is 15.4 Å². The van der Waals surface area contributed by atoms with Crippen LogP contribution >= 0.6 is 0 Å². The Morgan fingerprint density at radius 2 is 2.20 bits per heavy atom. The molecule has 1 aromatic rings. The van der Waals surface area contributed by atoms with Gasteiger partial charge in [0.15, 0.2) is 0 Å². The molecule has 0 aliphatic carbocycles. The minimum absolute atomic E-state index is 0.0774. The molecule has 7 nitrogen and oxygen atoms in total. The van der Waals surface area contributed by atoms with Crippen LogP contribution in [0.1, 0.15) is 23.7 Å². The van der Waals surface area contributed by atoms with Crippen LogP contribution in [-0.2, 0) is 4.74 Å². The summed E-state index contributed by atoms with van der Waals surface area (Å²) in [5, 5.41) is 16.4. The standard InChI is InChI=1S/C13H19N3O4/c1-9(7-8-20-3)15-13(17)10-5-4-6-11(16(18)19)12(10)14-2/h4-6,9,14H,7-8H2,1-3H3,(H,15,17). The fourth-order valence-electron chi connectivity index (χ4n) is 1.81. The molecule has 7 heteroatoms. The lowest BCUT2D eigenvalue weighted by atomic mass is 10.1. The number of carbonyl (C=O) groups excluding carboxylic acids is 1. The highest BCUT2D eigenvalue weighted by Gasteiger charge is 2.21. The number of nitro groups is 1. The van der Waals surface area contributed by atoms with Crippen LogP contribution in [0.15, 0.2) is 18.2 Å². The number of nitrogens with one attached hydrogen (secondary N) is 2. The Labute approximate surface area is 117 Å². The number of nitrogens with zero attached hydrogens (tertiary/aromatic N) is 1. The van der Waals surface area contributed by atoms with Gasteiger partial charge in [0.25, 0.3) is 11.6 Å². The van der Waals surface area contributed by atoms with Crippen molar-refractivity contribution in [3.63, 3.8) is 0 Å². The van der Waals surface area contributed by atoms with Crippen molar-refractivity contribution in [1.82, 2.24) is 5.32 Å². The maximum atomic E-state index is 12.2. The summed E-state index contributed by atoms with van der Waals surface area (Å²) in [4.78, 5) is 22.6. The quantitative estimate of drug-likeness (QED) is 0.587. The van der Waals surface area contributed by atoms with E-state index in [1.54, 1.807) is 20.2 Å². The number of nitro benzene ring substituents is 1. The number of para-hydroxylation sites is 1. The second kappa shape index (κ2) is 7.44. The first-order valence-electron chi connectivity index (χ1n) is 6.26. The highest BCUT2D eigenvalue weighted by molar-refractivity contribution is 6.01. The monoisotopic (exact) mass is 281 g/mol. The molecular formula is C13H19N3O4. The Hall–Kier alpha value is -2.15. The molecule has 0 bridgehead atoms. The van der Waals surface area contributed by atoms with Crippen LogP contribution in [0.2, 0.25) is 0 Å². The van der Waals surface area contributed by atoms with Gasteiger partial charge in [0.1, 0.15) is 5.69 Å². The van der Waals surface area contributed by atoms with E-state index in [-0.39, 0.29) is 28.9 Å². The topological polar surface area (TPSA) is 93.5 Å². The number of anilines is 1. The number of hydrogen-bond donors (Lipinski definition) is 2. The minimum Gasteiger partial charge on any atom is -0.385 e. The smallest absolute Gasteiger partial charge is 0.293 e. The normalized spacial score (nSPS) is 11.8. The fraction of sp³-hybridized carbons (Fsp3) is 0.462. The highest BCUT2D eigenvalue weighted by atomic mass is 16.6. The van der Waals surface area contributed by atoms with Crippen molar-refractivity contribution in [2.24, 2.45) is 0 Å². The predicted octanol–water partition coefficient (Wildman–Crippen LogP) is 1.79. The van der Waals surface area contributed by atoms with Gasteiger partial charge in [0.2, 0.25) is 0 Å². The van der Waals surface area contributed by atoms with Crippen molar-refractivity contribution in [1.29, 1.82) is 0 Å². The van der Waals surface area contributed by atoms with Crippen molar-refractivity contribution in [3.8, 4) is 0 Å². The number of benzene rings is 1. The average Bonchev–Trinajstić information content (AvgIpc) is 2.43. The third-order valence-electron chi connectivity index (χ3n) is 2.87. The molecule has 1 amide bonds. The van der Waals surface area contributed by atoms with E-state index in [0.717, 1.165) is 0 Å². The van der Waals surface area contributed by atoms with Crippen LogP contribution < -0.4 is 10.6 Å². The molecule has 0 saturated heterocycles. The molecule has 1 aromatic carbocycles. The lowest BCUT2D eigenvalue weighted by Crippen LogP contribution is -2.33. The summed E-state index contributed by atoms with van der Waals surface area (Å²) in [5.41, 5.74) is 0.351. The molecule has 0 fully saturated rings. The molecule has 1 atom stereocenters. The molecule has 1 rings (SSSR count). The second-order valence-electron chi connectivity index (χ2n) is 4.36. The van der Waals surface area contributed by atoms with Crippen LogP contribution in [0, 0.1) is 10.1 Å². The van der Waals surface area contributed by atoms with Crippen molar-refractivity contribution < 1.29 is 14.5 Å². The Bertz CT molecular complexity index is 491. The minimum atomic E-state index is -0.517. The van der Waals surface area contributed by atoms with Crippen molar-refractivity contribution in [2.75, 3.05) is 26.1 Å². The van der Waals surface area contributed by atoms with Crippen LogP contribution in [0.3, 0.4) is 0 Å². The molecule has 1 unspecified atom stereocenters. The second-order valence-corrected chi connectivity index (χ2v) is 4.36. The molecule has 0 aliphatic rings. The number of ether oxygens (including phenoxy) is 1. The molecule has 2 N–H and O–H groups in total. The zero-order valence-corrected chi connectivity index (χ0v) is 11.8. The highest BCUT2D eigenvalue weighted by Crippen LogP contribution is 2.27. The zero-order chi connectivity index (χ0) is 15.1. The van der Waals surface area contributed by atoms with Gasteiger partial charge in [0.05, 0.1) is 10.5 Å². The Morgan fingerprint density at radius 1 is 1.50 bits per heavy atom. The van der Waals surface area contributed by atoms with Crippen LogP contribution in [0.4, 0.5) is 11.4 Å². The SMILES string of the molecule is CNc1c(C(=O)NC(C)CCOC)cccc1[N+](=O)[O-]. The Kier molecular flexibility index (Phi) is 5.92. The van der Waals surface area contributed by atoms with Crippen LogP contribution in [0.5, 0.6) is 0 Å². The summed E-state index contributed by atoms with van der Waals surface area (Å²) in [6.45, 7) is 2.39. The van der Waals surface area contributed by atoms with Crippen LogP contribution in [-0.4, -0.2) is 37.6 Å². The molecule has 0 radical (unpaired) electrons. The van der Waals surface area contributed by atoms with E-state index < -0.39 is 4.92 Å². The lowest BCUT2D eigenvalue weighted by molar-refractivity contribution is -0.384. The fourth-order valence-corrected chi connectivity index (χ4v) is 1.81. The molecule has 0 saturated carbocycles. The number of rotatable bonds is 7. The predicted molar refractivity (Wildman–Crippen MR) is 76.1 cm³/mol. The van der Waals surface area contributed by atoms with Crippen molar-refractivity contribution in [3.05, 3.63) is 33.9 Å². The van der Waals surface area contributed by atoms with E-state index in [2.05, 4.69) is 10.6 Å². The van der Waals surface area contributed by atoms with Gasteiger partial charge >= 0.3 is 0 Å². The van der Waals surface area contributed by atoms with Gasteiger partial charge in [-0.05, 0) is 19.4 Å². The van der Waals surface area contributed by atoms with Crippen molar-refractivity contribution >= 4 is 17.3 Å². The lowest BCUT2D eigenvalue weighted by Gasteiger charge is -2.15. The summed E-state index contributed by atoms with van der Waals surface area (Å²) in [5.74, 6) is -0.346. The molecule has 0 aliphatic heterocycles. The summed E-state index contributed by atoms with van der Waals surface area (Å²) >= 11 is 0. The molecular weight excluding hydrogens is 262 g/mol. The molecule has 0 heterocycles. The first-order valence-corrected chi connectivity index (χ1v) is 6.26. The third kappa shape index (κ3) is 3.92. The molecule has 0 aromatic heterocycles. The van der Waals surface area contributed by atoms with Crippen LogP contribution in [0.25, 0.3) is 0 Å². The van der Waals surface area contributed by atoms with E-state index in [9.17, 15) is 14.9 Å². The van der Waals surface area contributed by atoms with E-state index in [1.807, 2.05) is 6.92 Å². The van der Waals surface area contributed by atoms with Gasteiger partial charge in [-0.15, -0.1) is 0 Å². The maximum absolute atomic E-state index is 12.2. The molecule has 110 valence electrons. The number of amides is 1. The van der Waals surface area contributed by atoms with E-state index >= 15 is 0 Å². The van der Waals surface area contributed by atoms with Gasteiger partial charge in [-0.25, -0.2) is 0 Å². The Balaban J connectivity index is 2.93. The zero-order valence-electron chi connectivity index (χ0n) is 11.8. The third-order valence-corrected chi connectivity index (χ3v) is 2.87. The maximum Gasteiger partial charge on any atom is 0.293 e. The summed E-state index contributed by atoms with van der Waals surface area (Å²) < 4.78 is 4.94. The van der Waals surface area contributed by atoms with Gasteiger partial charge in [-0.2, -0.15) is 0 Å². The summed E-state index contributed by atoms with van der Waals surface area (Å²) in [6.07, 6.45) is 0.673. The average molecular weight is 281 g/mol. The first kappa shape index (κ1) is 15.9. The number of hydrogen-bond acceptors (Lipinski definition) is 5. The van der Waals surface area contributed by atoms with E-state index in [4.69, 9.17) is 4.74 Å². The summed E-state index contributed by atoms with van der Waals surface area (Å²) in [7, 11) is 3.14. The van der Waals surface area contributed by atoms with E-state index in [0.29, 0.717) is 13.0 Å². The summed E-state index contributed by atoms with van der Waals surface area (Å²) in [6, 6.07) is 4.33. The van der Waals surface area contributed by atoms with Gasteiger partial charge in [-0.3, -0.25) is 14.9 Å². The van der Waals surface area contributed by atoms with Crippen molar-refractivity contribution in [2.45, 2.75) is 19.4 Å². The molecule has 0 spiro atoms. The first-order chi connectivity index (χ1) is 9.51. The Morgan fingerprint density at radius 3 is 2.75 bits per heavy atom. The van der Waals surface area contributed by atoms with E-state index in [1.165, 1.54) is 12.1 Å². The van der Waals surface area contributed by atoms with Gasteiger partial charge in [-0.1, -0.05) is 6.07 Å². The number of carbonyl (C=O) groups is 1. The largest absolute Gasteiger partial charge is 0.385 e. The van der Waals surface area contributed by atoms with Gasteiger partial charge in [0, 0.05) is 32.9 Å². The molecule has 20 heavy (non-hydrogen) atoms. The number of methoxy groups -OCH3 is 1.